The van der Waals surface area contributed by atoms with Crippen LogP contribution in [0.15, 0.2) is 30.3 Å². The van der Waals surface area contributed by atoms with Crippen molar-refractivity contribution in [3.8, 4) is 0 Å². The molecule has 1 atom stereocenters. The van der Waals surface area contributed by atoms with Gasteiger partial charge in [-0.1, -0.05) is 37.3 Å². The van der Waals surface area contributed by atoms with E-state index in [1.54, 1.807) is 0 Å². The predicted molar refractivity (Wildman–Crippen MR) is 74.9 cm³/mol. The highest BCUT2D eigenvalue weighted by atomic mass is 16.5. The third-order valence-corrected chi connectivity index (χ3v) is 3.00. The molecule has 0 aliphatic rings. The average molecular weight is 265 g/mol. The molecule has 4 heteroatoms. The second-order valence-electron chi connectivity index (χ2n) is 4.33. The molecule has 106 valence electrons. The van der Waals surface area contributed by atoms with Gasteiger partial charge in [0.25, 0.3) is 0 Å². The standard InChI is InChI=1S/C15H23NO3/c1-4-11-16-15(12-19-5-2,14(17)18-3)13-9-7-6-8-10-13/h6-10,16H,4-5,11-12H2,1-3H3. The molecule has 1 unspecified atom stereocenters. The SMILES string of the molecule is CCCNC(COCC)(C(=O)OC)c1ccccc1. The maximum Gasteiger partial charge on any atom is 0.333 e. The van der Waals surface area contributed by atoms with Gasteiger partial charge < -0.3 is 9.47 Å². The van der Waals surface area contributed by atoms with Crippen molar-refractivity contribution in [3.05, 3.63) is 35.9 Å². The Morgan fingerprint density at radius 1 is 1.26 bits per heavy atom. The molecule has 0 saturated heterocycles. The molecule has 0 spiro atoms. The van der Waals surface area contributed by atoms with Crippen LogP contribution < -0.4 is 5.32 Å². The van der Waals surface area contributed by atoms with Crippen molar-refractivity contribution in [2.45, 2.75) is 25.8 Å². The highest BCUT2D eigenvalue weighted by molar-refractivity contribution is 5.82. The Hall–Kier alpha value is -1.39. The molecule has 1 aromatic rings. The van der Waals surface area contributed by atoms with Gasteiger partial charge in [-0.25, -0.2) is 4.79 Å². The molecule has 0 fully saturated rings. The van der Waals surface area contributed by atoms with Crippen molar-refractivity contribution in [2.75, 3.05) is 26.9 Å². The molecule has 0 saturated carbocycles. The molecular formula is C15H23NO3. The van der Waals surface area contributed by atoms with Gasteiger partial charge in [-0.3, -0.25) is 5.32 Å². The molecule has 1 N–H and O–H groups in total. The van der Waals surface area contributed by atoms with Gasteiger partial charge in [-0.2, -0.15) is 0 Å². The topological polar surface area (TPSA) is 47.6 Å². The first kappa shape index (κ1) is 15.7. The van der Waals surface area contributed by atoms with Crippen molar-refractivity contribution in [3.63, 3.8) is 0 Å². The fourth-order valence-corrected chi connectivity index (χ4v) is 1.98. The first-order chi connectivity index (χ1) is 9.21. The highest BCUT2D eigenvalue weighted by Crippen LogP contribution is 2.23. The van der Waals surface area contributed by atoms with Crippen LogP contribution in [0.5, 0.6) is 0 Å². The van der Waals surface area contributed by atoms with Crippen LogP contribution in [0.2, 0.25) is 0 Å². The Bertz CT molecular complexity index is 370. The third-order valence-electron chi connectivity index (χ3n) is 3.00. The van der Waals surface area contributed by atoms with E-state index in [-0.39, 0.29) is 12.6 Å². The number of ether oxygens (including phenoxy) is 2. The Labute approximate surface area is 115 Å². The van der Waals surface area contributed by atoms with Crippen molar-refractivity contribution in [1.29, 1.82) is 0 Å². The number of esters is 1. The second kappa shape index (κ2) is 7.92. The van der Waals surface area contributed by atoms with Crippen molar-refractivity contribution in [1.82, 2.24) is 5.32 Å². The summed E-state index contributed by atoms with van der Waals surface area (Å²) in [6, 6.07) is 9.57. The van der Waals surface area contributed by atoms with Crippen molar-refractivity contribution in [2.24, 2.45) is 0 Å². The molecule has 19 heavy (non-hydrogen) atoms. The summed E-state index contributed by atoms with van der Waals surface area (Å²) in [5.74, 6) is -0.319. The van der Waals surface area contributed by atoms with E-state index >= 15 is 0 Å². The van der Waals surface area contributed by atoms with E-state index in [4.69, 9.17) is 9.47 Å². The number of hydrogen-bond donors (Lipinski definition) is 1. The van der Waals surface area contributed by atoms with Crippen LogP contribution in [0, 0.1) is 0 Å². The van der Waals surface area contributed by atoms with Gasteiger partial charge in [-0.05, 0) is 25.5 Å². The smallest absolute Gasteiger partial charge is 0.333 e. The van der Waals surface area contributed by atoms with Gasteiger partial charge >= 0.3 is 5.97 Å². The summed E-state index contributed by atoms with van der Waals surface area (Å²) in [5.41, 5.74) is -0.0640. The molecule has 1 rings (SSSR count). The second-order valence-corrected chi connectivity index (χ2v) is 4.33. The van der Waals surface area contributed by atoms with Gasteiger partial charge in [0.1, 0.15) is 0 Å². The Morgan fingerprint density at radius 2 is 1.95 bits per heavy atom. The van der Waals surface area contributed by atoms with E-state index in [1.807, 2.05) is 37.3 Å². The summed E-state index contributed by atoms with van der Waals surface area (Å²) in [6.45, 7) is 5.50. The summed E-state index contributed by atoms with van der Waals surface area (Å²) in [4.78, 5) is 12.3. The number of rotatable bonds is 8. The maximum atomic E-state index is 12.3. The lowest BCUT2D eigenvalue weighted by Gasteiger charge is -2.32. The minimum atomic E-state index is -0.929. The van der Waals surface area contributed by atoms with Crippen LogP contribution in [-0.2, 0) is 19.8 Å². The summed E-state index contributed by atoms with van der Waals surface area (Å²) >= 11 is 0. The minimum absolute atomic E-state index is 0.264. The quantitative estimate of drug-likeness (QED) is 0.731. The fourth-order valence-electron chi connectivity index (χ4n) is 1.98. The van der Waals surface area contributed by atoms with Crippen molar-refractivity contribution < 1.29 is 14.3 Å². The van der Waals surface area contributed by atoms with E-state index in [0.717, 1.165) is 18.5 Å². The molecule has 0 aliphatic carbocycles. The largest absolute Gasteiger partial charge is 0.467 e. The lowest BCUT2D eigenvalue weighted by Crippen LogP contribution is -2.53. The zero-order valence-electron chi connectivity index (χ0n) is 11.9. The van der Waals surface area contributed by atoms with Crippen LogP contribution in [0.25, 0.3) is 0 Å². The van der Waals surface area contributed by atoms with E-state index in [9.17, 15) is 4.79 Å². The third kappa shape index (κ3) is 3.78. The lowest BCUT2D eigenvalue weighted by molar-refractivity contribution is -0.152. The zero-order valence-corrected chi connectivity index (χ0v) is 11.9. The number of carbonyl (C=O) groups excluding carboxylic acids is 1. The van der Waals surface area contributed by atoms with Gasteiger partial charge in [0.15, 0.2) is 5.54 Å². The van der Waals surface area contributed by atoms with Gasteiger partial charge in [0, 0.05) is 6.61 Å². The normalized spacial score (nSPS) is 13.8. The molecule has 1 aromatic carbocycles. The maximum absolute atomic E-state index is 12.3. The van der Waals surface area contributed by atoms with Crippen LogP contribution in [0.4, 0.5) is 0 Å². The molecule has 0 amide bonds. The van der Waals surface area contributed by atoms with Gasteiger partial charge in [-0.15, -0.1) is 0 Å². The van der Waals surface area contributed by atoms with Gasteiger partial charge in [0.05, 0.1) is 13.7 Å². The number of carbonyl (C=O) groups is 1. The van der Waals surface area contributed by atoms with Gasteiger partial charge in [0.2, 0.25) is 0 Å². The molecule has 0 aromatic heterocycles. The predicted octanol–water partition coefficient (Wildman–Crippen LogP) is 2.09. The molecular weight excluding hydrogens is 242 g/mol. The van der Waals surface area contributed by atoms with E-state index in [1.165, 1.54) is 7.11 Å². The van der Waals surface area contributed by atoms with Crippen molar-refractivity contribution >= 4 is 5.97 Å². The highest BCUT2D eigenvalue weighted by Gasteiger charge is 2.41. The molecule has 0 radical (unpaired) electrons. The number of nitrogens with one attached hydrogen (secondary N) is 1. The first-order valence-corrected chi connectivity index (χ1v) is 6.68. The number of benzene rings is 1. The zero-order chi connectivity index (χ0) is 14.1. The Kier molecular flexibility index (Phi) is 6.53. The van der Waals surface area contributed by atoms with Crippen LogP contribution in [0.1, 0.15) is 25.8 Å². The molecule has 0 aliphatic heterocycles. The summed E-state index contributed by atoms with van der Waals surface area (Å²) < 4.78 is 10.5. The average Bonchev–Trinajstić information content (AvgIpc) is 2.48. The Balaban J connectivity index is 3.13. The number of hydrogen-bond acceptors (Lipinski definition) is 4. The van der Waals surface area contributed by atoms with E-state index in [0.29, 0.717) is 6.61 Å². The lowest BCUT2D eigenvalue weighted by atomic mass is 9.90. The van der Waals surface area contributed by atoms with E-state index < -0.39 is 5.54 Å². The van der Waals surface area contributed by atoms with Crippen LogP contribution >= 0.6 is 0 Å². The molecule has 4 nitrogen and oxygen atoms in total. The van der Waals surface area contributed by atoms with Crippen LogP contribution in [0.3, 0.4) is 0 Å². The monoisotopic (exact) mass is 265 g/mol. The van der Waals surface area contributed by atoms with E-state index in [2.05, 4.69) is 12.2 Å². The minimum Gasteiger partial charge on any atom is -0.467 e. The number of methoxy groups -OCH3 is 1. The first-order valence-electron chi connectivity index (χ1n) is 6.68. The molecule has 0 bridgehead atoms. The summed E-state index contributed by atoms with van der Waals surface area (Å²) in [5, 5.41) is 3.29. The fraction of sp³-hybridized carbons (Fsp3) is 0.533. The Morgan fingerprint density at radius 3 is 2.47 bits per heavy atom. The summed E-state index contributed by atoms with van der Waals surface area (Å²) in [6.07, 6.45) is 0.928. The summed E-state index contributed by atoms with van der Waals surface area (Å²) in [7, 11) is 1.40. The van der Waals surface area contributed by atoms with Crippen LogP contribution in [-0.4, -0.2) is 32.8 Å². The molecule has 0 heterocycles.